The summed E-state index contributed by atoms with van der Waals surface area (Å²) < 4.78 is 0. The second kappa shape index (κ2) is 10.0. The highest BCUT2D eigenvalue weighted by Crippen LogP contribution is 2.23. The van der Waals surface area contributed by atoms with Crippen molar-refractivity contribution in [1.82, 2.24) is 5.43 Å². The molecule has 2 aromatic rings. The molecule has 0 saturated carbocycles. The van der Waals surface area contributed by atoms with E-state index in [0.717, 1.165) is 11.1 Å². The first-order chi connectivity index (χ1) is 13.7. The van der Waals surface area contributed by atoms with E-state index in [1.807, 2.05) is 6.92 Å². The normalized spacial score (nSPS) is 11.0. The minimum absolute atomic E-state index is 0.0680. The van der Waals surface area contributed by atoms with Crippen LogP contribution in [0.25, 0.3) is 0 Å². The van der Waals surface area contributed by atoms with Gasteiger partial charge in [-0.05, 0) is 56.2 Å². The predicted molar refractivity (Wildman–Crippen MR) is 116 cm³/mol. The van der Waals surface area contributed by atoms with Gasteiger partial charge in [-0.1, -0.05) is 35.3 Å². The lowest BCUT2D eigenvalue weighted by molar-refractivity contribution is -0.136. The maximum absolute atomic E-state index is 12.1. The largest absolute Gasteiger partial charge is 0.329 e. The van der Waals surface area contributed by atoms with Crippen molar-refractivity contribution < 1.29 is 14.4 Å². The van der Waals surface area contributed by atoms with Crippen molar-refractivity contribution in [3.63, 3.8) is 0 Å². The van der Waals surface area contributed by atoms with Crippen molar-refractivity contribution in [2.45, 2.75) is 27.2 Å². The van der Waals surface area contributed by atoms with E-state index in [2.05, 4.69) is 21.2 Å². The van der Waals surface area contributed by atoms with E-state index in [-0.39, 0.29) is 12.3 Å². The maximum atomic E-state index is 12.1. The third kappa shape index (κ3) is 6.58. The summed E-state index contributed by atoms with van der Waals surface area (Å²) in [5.41, 5.74) is 5.02. The van der Waals surface area contributed by atoms with Crippen LogP contribution in [0.2, 0.25) is 10.0 Å². The van der Waals surface area contributed by atoms with Crippen LogP contribution in [-0.4, -0.2) is 23.4 Å². The highest BCUT2D eigenvalue weighted by atomic mass is 35.5. The van der Waals surface area contributed by atoms with Crippen LogP contribution >= 0.6 is 23.2 Å². The van der Waals surface area contributed by atoms with Crippen LogP contribution in [0.15, 0.2) is 41.5 Å². The number of hydrogen-bond donors (Lipinski definition) is 3. The lowest BCUT2D eigenvalue weighted by Crippen LogP contribution is -2.33. The SMILES string of the molecule is C/C(CC(=O)Nc1cccc(Cl)c1C)=N\NC(=O)C(=O)Nc1ccc(C)c(Cl)c1. The first-order valence-electron chi connectivity index (χ1n) is 8.63. The number of rotatable bonds is 5. The van der Waals surface area contributed by atoms with E-state index in [9.17, 15) is 14.4 Å². The van der Waals surface area contributed by atoms with Gasteiger partial charge in [0.15, 0.2) is 0 Å². The average molecular weight is 435 g/mol. The zero-order chi connectivity index (χ0) is 21.6. The summed E-state index contributed by atoms with van der Waals surface area (Å²) >= 11 is 12.0. The second-order valence-corrected chi connectivity index (χ2v) is 7.16. The molecule has 0 aromatic heterocycles. The van der Waals surface area contributed by atoms with Crippen LogP contribution in [0.3, 0.4) is 0 Å². The number of aryl methyl sites for hydroxylation is 1. The Morgan fingerprint density at radius 2 is 1.69 bits per heavy atom. The summed E-state index contributed by atoms with van der Waals surface area (Å²) in [4.78, 5) is 35.9. The van der Waals surface area contributed by atoms with Gasteiger partial charge in [-0.15, -0.1) is 0 Å². The molecule has 0 atom stereocenters. The number of hydrazone groups is 1. The molecule has 0 aliphatic carbocycles. The molecule has 0 fully saturated rings. The molecule has 0 bridgehead atoms. The number of benzene rings is 2. The van der Waals surface area contributed by atoms with E-state index < -0.39 is 11.8 Å². The number of carbonyl (C=O) groups is 3. The summed E-state index contributed by atoms with van der Waals surface area (Å²) in [6, 6.07) is 10.1. The van der Waals surface area contributed by atoms with Crippen molar-refractivity contribution in [3.05, 3.63) is 57.6 Å². The van der Waals surface area contributed by atoms with Crippen molar-refractivity contribution in [2.75, 3.05) is 10.6 Å². The van der Waals surface area contributed by atoms with E-state index in [0.29, 0.717) is 27.1 Å². The van der Waals surface area contributed by atoms with E-state index in [4.69, 9.17) is 23.2 Å². The van der Waals surface area contributed by atoms with Crippen LogP contribution in [-0.2, 0) is 14.4 Å². The van der Waals surface area contributed by atoms with E-state index in [1.54, 1.807) is 50.2 Å². The second-order valence-electron chi connectivity index (χ2n) is 6.34. The Kier molecular flexibility index (Phi) is 7.75. The third-order valence-corrected chi connectivity index (χ3v) is 4.76. The molecule has 0 saturated heterocycles. The van der Waals surface area contributed by atoms with Gasteiger partial charge in [0.1, 0.15) is 0 Å². The minimum atomic E-state index is -0.966. The van der Waals surface area contributed by atoms with Gasteiger partial charge in [-0.3, -0.25) is 14.4 Å². The highest BCUT2D eigenvalue weighted by Gasteiger charge is 2.14. The molecule has 0 aliphatic heterocycles. The van der Waals surface area contributed by atoms with Crippen molar-refractivity contribution >= 4 is 58.0 Å². The fourth-order valence-corrected chi connectivity index (χ4v) is 2.62. The number of amides is 3. The Morgan fingerprint density at radius 3 is 2.38 bits per heavy atom. The topological polar surface area (TPSA) is 99.7 Å². The molecule has 2 aromatic carbocycles. The molecule has 3 N–H and O–H groups in total. The van der Waals surface area contributed by atoms with Gasteiger partial charge in [0.2, 0.25) is 5.91 Å². The summed E-state index contributed by atoms with van der Waals surface area (Å²) in [5, 5.41) is 9.94. The number of halogens is 2. The summed E-state index contributed by atoms with van der Waals surface area (Å²) in [6.45, 7) is 5.17. The summed E-state index contributed by atoms with van der Waals surface area (Å²) in [6.07, 6.45) is -0.0680. The van der Waals surface area contributed by atoms with Crippen LogP contribution in [0.1, 0.15) is 24.5 Å². The molecule has 0 spiro atoms. The number of carbonyl (C=O) groups excluding carboxylic acids is 3. The fourth-order valence-electron chi connectivity index (χ4n) is 2.26. The lowest BCUT2D eigenvalue weighted by atomic mass is 10.2. The Hall–Kier alpha value is -2.90. The third-order valence-electron chi connectivity index (χ3n) is 3.94. The van der Waals surface area contributed by atoms with Crippen LogP contribution in [0.4, 0.5) is 11.4 Å². The van der Waals surface area contributed by atoms with Crippen LogP contribution in [0.5, 0.6) is 0 Å². The zero-order valence-corrected chi connectivity index (χ0v) is 17.6. The number of nitrogens with one attached hydrogen (secondary N) is 3. The lowest BCUT2D eigenvalue weighted by Gasteiger charge is -2.09. The molecule has 2 rings (SSSR count). The van der Waals surface area contributed by atoms with Gasteiger partial charge >= 0.3 is 11.8 Å². The average Bonchev–Trinajstić information content (AvgIpc) is 2.66. The fraction of sp³-hybridized carbons (Fsp3) is 0.200. The highest BCUT2D eigenvalue weighted by molar-refractivity contribution is 6.40. The Balaban J connectivity index is 1.88. The summed E-state index contributed by atoms with van der Waals surface area (Å²) in [5.74, 6) is -2.20. The molecule has 152 valence electrons. The van der Waals surface area contributed by atoms with Gasteiger partial charge in [-0.25, -0.2) is 5.43 Å². The minimum Gasteiger partial charge on any atom is -0.325 e. The molecule has 0 aliphatic rings. The quantitative estimate of drug-likeness (QED) is 0.375. The Bertz CT molecular complexity index is 990. The predicted octanol–water partition coefficient (Wildman–Crippen LogP) is 4.07. The number of anilines is 2. The molecule has 0 radical (unpaired) electrons. The van der Waals surface area contributed by atoms with Gasteiger partial charge in [0.25, 0.3) is 0 Å². The monoisotopic (exact) mass is 434 g/mol. The van der Waals surface area contributed by atoms with Gasteiger partial charge in [-0.2, -0.15) is 5.10 Å². The molecular formula is C20H20Cl2N4O3. The van der Waals surface area contributed by atoms with Crippen molar-refractivity contribution in [3.8, 4) is 0 Å². The van der Waals surface area contributed by atoms with E-state index in [1.165, 1.54) is 0 Å². The standard InChI is InChI=1S/C20H20Cl2N4O3/c1-11-7-8-14(10-16(11)22)23-19(28)20(29)26-25-12(2)9-18(27)24-17-6-4-5-15(21)13(17)3/h4-8,10H,9H2,1-3H3,(H,23,28)(H,24,27)(H,26,29)/b25-12+. The summed E-state index contributed by atoms with van der Waals surface area (Å²) in [7, 11) is 0. The van der Waals surface area contributed by atoms with Gasteiger partial charge in [0.05, 0.1) is 6.42 Å². The van der Waals surface area contributed by atoms with Crippen LogP contribution < -0.4 is 16.1 Å². The molecule has 29 heavy (non-hydrogen) atoms. The van der Waals surface area contributed by atoms with Gasteiger partial charge < -0.3 is 10.6 Å². The molecule has 3 amide bonds. The molecular weight excluding hydrogens is 415 g/mol. The molecule has 7 nitrogen and oxygen atoms in total. The Morgan fingerprint density at radius 1 is 0.966 bits per heavy atom. The Labute approximate surface area is 178 Å². The smallest absolute Gasteiger partial charge is 0.325 e. The molecule has 9 heteroatoms. The molecule has 0 heterocycles. The van der Waals surface area contributed by atoms with E-state index >= 15 is 0 Å². The number of nitrogens with zero attached hydrogens (tertiary/aromatic N) is 1. The van der Waals surface area contributed by atoms with Gasteiger partial charge in [0, 0.05) is 27.1 Å². The van der Waals surface area contributed by atoms with Crippen LogP contribution in [0, 0.1) is 13.8 Å². The van der Waals surface area contributed by atoms with Crippen molar-refractivity contribution in [2.24, 2.45) is 5.10 Å². The zero-order valence-electron chi connectivity index (χ0n) is 16.1. The maximum Gasteiger partial charge on any atom is 0.329 e. The first kappa shape index (κ1) is 22.4. The first-order valence-corrected chi connectivity index (χ1v) is 9.38. The van der Waals surface area contributed by atoms with Crippen molar-refractivity contribution in [1.29, 1.82) is 0 Å². The number of hydrogen-bond acceptors (Lipinski definition) is 4. The molecule has 0 unspecified atom stereocenters.